The van der Waals surface area contributed by atoms with Gasteiger partial charge in [0.05, 0.1) is 11.4 Å². The second-order valence-corrected chi connectivity index (χ2v) is 9.48. The highest BCUT2D eigenvalue weighted by atomic mass is 32.1. The van der Waals surface area contributed by atoms with Crippen molar-refractivity contribution >= 4 is 28.1 Å². The average molecular weight is 428 g/mol. The fourth-order valence-corrected chi connectivity index (χ4v) is 6.30. The number of hydrogen-bond donors (Lipinski definition) is 1. The summed E-state index contributed by atoms with van der Waals surface area (Å²) in [7, 11) is 0. The van der Waals surface area contributed by atoms with E-state index < -0.39 is 17.4 Å². The molecule has 3 aliphatic heterocycles. The number of rotatable bonds is 1. The van der Waals surface area contributed by atoms with Crippen LogP contribution < -0.4 is 10.6 Å². The molecule has 0 radical (unpaired) electrons. The summed E-state index contributed by atoms with van der Waals surface area (Å²) in [6, 6.07) is -0.261. The highest BCUT2D eigenvalue weighted by molar-refractivity contribution is 7.10. The molecule has 5 aliphatic rings. The topological polar surface area (TPSA) is 88.8 Å². The first-order chi connectivity index (χ1) is 14.4. The number of nitrogens with two attached hydrogens (primary N) is 1. The van der Waals surface area contributed by atoms with E-state index in [9.17, 15) is 9.59 Å². The number of aromatic nitrogens is 1. The number of likely N-dealkylation sites (tertiary alicyclic amines) is 1. The van der Waals surface area contributed by atoms with Gasteiger partial charge < -0.3 is 20.3 Å². The summed E-state index contributed by atoms with van der Waals surface area (Å²) in [5.74, 6) is -1.55. The fourth-order valence-electron chi connectivity index (χ4n) is 5.46. The summed E-state index contributed by atoms with van der Waals surface area (Å²) in [5.41, 5.74) is 8.35. The minimum atomic E-state index is -0.671. The van der Waals surface area contributed by atoms with Crippen molar-refractivity contribution < 1.29 is 18.7 Å². The predicted molar refractivity (Wildman–Crippen MR) is 108 cm³/mol. The first kappa shape index (κ1) is 18.3. The van der Waals surface area contributed by atoms with Crippen molar-refractivity contribution in [1.82, 2.24) is 9.27 Å². The maximum Gasteiger partial charge on any atom is 0.265 e. The zero-order valence-corrected chi connectivity index (χ0v) is 17.2. The summed E-state index contributed by atoms with van der Waals surface area (Å²) in [4.78, 5) is 28.7. The van der Waals surface area contributed by atoms with Crippen LogP contribution >= 0.6 is 11.5 Å². The molecule has 156 valence electrons. The Morgan fingerprint density at radius 2 is 2.17 bits per heavy atom. The van der Waals surface area contributed by atoms with Crippen LogP contribution in [0.4, 0.5) is 9.39 Å². The van der Waals surface area contributed by atoms with Gasteiger partial charge in [0.2, 0.25) is 5.78 Å². The van der Waals surface area contributed by atoms with E-state index in [1.807, 2.05) is 29.0 Å². The molecule has 1 saturated heterocycles. The van der Waals surface area contributed by atoms with Crippen LogP contribution in [0.3, 0.4) is 0 Å². The second kappa shape index (κ2) is 6.24. The summed E-state index contributed by atoms with van der Waals surface area (Å²) < 4.78 is 26.1. The normalized spacial score (nSPS) is 32.7. The van der Waals surface area contributed by atoms with E-state index in [1.165, 1.54) is 11.5 Å². The number of halogens is 1. The van der Waals surface area contributed by atoms with E-state index in [4.69, 9.17) is 10.5 Å². The molecule has 0 bridgehead atoms. The molecule has 30 heavy (non-hydrogen) atoms. The van der Waals surface area contributed by atoms with Gasteiger partial charge in [-0.1, -0.05) is 6.08 Å². The maximum absolute atomic E-state index is 15.9. The molecule has 2 aliphatic carbocycles. The Morgan fingerprint density at radius 3 is 2.93 bits per heavy atom. The first-order valence-corrected chi connectivity index (χ1v) is 11.1. The van der Waals surface area contributed by atoms with Gasteiger partial charge in [-0.15, -0.1) is 0 Å². The average Bonchev–Trinajstić information content (AvgIpc) is 3.32. The van der Waals surface area contributed by atoms with Crippen molar-refractivity contribution in [2.45, 2.75) is 50.7 Å². The Hall–Kier alpha value is -2.52. The van der Waals surface area contributed by atoms with Gasteiger partial charge in [0.15, 0.2) is 17.3 Å². The number of fused-ring (bicyclic) bond motifs is 3. The molecule has 0 saturated carbocycles. The van der Waals surface area contributed by atoms with Crippen LogP contribution in [0, 0.1) is 5.92 Å². The van der Waals surface area contributed by atoms with Crippen molar-refractivity contribution in [3.63, 3.8) is 0 Å². The lowest BCUT2D eigenvalue weighted by molar-refractivity contribution is -0.137. The molecule has 0 amide bonds. The zero-order valence-electron chi connectivity index (χ0n) is 16.4. The van der Waals surface area contributed by atoms with E-state index in [1.54, 1.807) is 0 Å². The highest BCUT2D eigenvalue weighted by Crippen LogP contribution is 2.51. The van der Waals surface area contributed by atoms with Crippen molar-refractivity contribution in [3.8, 4) is 0 Å². The van der Waals surface area contributed by atoms with Crippen LogP contribution in [-0.2, 0) is 20.7 Å². The molecule has 4 atom stereocenters. The SMILES string of the molecule is CC1CC(N)CN1C1=CC2Cc3cnsc3N3C4=C(OC(=C1F)C23)C(=O)C(=O)CC4. The summed E-state index contributed by atoms with van der Waals surface area (Å²) >= 11 is 1.33. The summed E-state index contributed by atoms with van der Waals surface area (Å²) in [6.45, 7) is 2.61. The lowest BCUT2D eigenvalue weighted by atomic mass is 9.80. The van der Waals surface area contributed by atoms with Crippen molar-refractivity contribution in [3.05, 3.63) is 46.6 Å². The van der Waals surface area contributed by atoms with Gasteiger partial charge in [0.1, 0.15) is 11.0 Å². The standard InChI is InChI=1S/C21H21FN4O3S/c1-9-4-12(23)8-25(9)14-6-10-5-11-7-24-30-21(11)26-13-2-3-15(27)18(28)19(13)29-20(16(14)22)17(10)26/h6-7,9-10,12,17H,2-5,8,23H2,1H3. The van der Waals surface area contributed by atoms with Crippen LogP contribution in [0.25, 0.3) is 0 Å². The lowest BCUT2D eigenvalue weighted by Crippen LogP contribution is -2.52. The Bertz CT molecular complexity index is 1090. The number of carbonyl (C=O) groups excluding carboxylic acids is 2. The van der Waals surface area contributed by atoms with Gasteiger partial charge in [-0.05, 0) is 37.7 Å². The van der Waals surface area contributed by atoms with Gasteiger partial charge in [0, 0.05) is 42.7 Å². The molecule has 4 unspecified atom stereocenters. The number of Topliss-reactive ketones (excluding diaryl/α,β-unsaturated/α-hetero) is 2. The molecule has 7 nitrogen and oxygen atoms in total. The van der Waals surface area contributed by atoms with E-state index in [2.05, 4.69) is 4.37 Å². The minimum absolute atomic E-state index is 0.00826. The number of allylic oxidation sites excluding steroid dienone is 3. The van der Waals surface area contributed by atoms with E-state index in [-0.39, 0.29) is 42.0 Å². The van der Waals surface area contributed by atoms with E-state index in [0.29, 0.717) is 24.4 Å². The van der Waals surface area contributed by atoms with Gasteiger partial charge in [-0.25, -0.2) is 4.39 Å². The smallest absolute Gasteiger partial charge is 0.265 e. The van der Waals surface area contributed by atoms with Gasteiger partial charge in [-0.3, -0.25) is 9.59 Å². The Morgan fingerprint density at radius 1 is 1.33 bits per heavy atom. The van der Waals surface area contributed by atoms with Gasteiger partial charge in [-0.2, -0.15) is 4.37 Å². The van der Waals surface area contributed by atoms with Gasteiger partial charge >= 0.3 is 0 Å². The number of carbonyl (C=O) groups is 2. The molecule has 9 heteroatoms. The molecule has 1 aromatic rings. The third-order valence-corrected chi connectivity index (χ3v) is 7.63. The zero-order chi connectivity index (χ0) is 20.7. The molecule has 2 N–H and O–H groups in total. The van der Waals surface area contributed by atoms with E-state index in [0.717, 1.165) is 23.4 Å². The summed E-state index contributed by atoms with van der Waals surface area (Å²) in [5, 5.41) is 0.910. The third-order valence-electron chi connectivity index (χ3n) is 6.79. The molecule has 0 aromatic carbocycles. The largest absolute Gasteiger partial charge is 0.450 e. The molecule has 1 fully saturated rings. The third kappa shape index (κ3) is 2.36. The number of nitrogens with zero attached hydrogens (tertiary/aromatic N) is 3. The van der Waals surface area contributed by atoms with Crippen molar-refractivity contribution in [1.29, 1.82) is 0 Å². The van der Waals surface area contributed by atoms with Crippen LogP contribution in [0.1, 0.15) is 31.7 Å². The van der Waals surface area contributed by atoms with Crippen LogP contribution in [0.5, 0.6) is 0 Å². The number of ketones is 2. The first-order valence-electron chi connectivity index (χ1n) is 10.3. The Labute approximate surface area is 176 Å². The number of hydrogen-bond acceptors (Lipinski definition) is 8. The monoisotopic (exact) mass is 428 g/mol. The highest BCUT2D eigenvalue weighted by Gasteiger charge is 2.51. The molecule has 6 rings (SSSR count). The quantitative estimate of drug-likeness (QED) is 0.686. The Kier molecular flexibility index (Phi) is 3.80. The summed E-state index contributed by atoms with van der Waals surface area (Å²) in [6.07, 6.45) is 5.91. The van der Waals surface area contributed by atoms with Gasteiger partial charge in [0.25, 0.3) is 5.78 Å². The Balaban J connectivity index is 1.54. The number of anilines is 1. The lowest BCUT2D eigenvalue weighted by Gasteiger charge is -2.48. The molecular formula is C21H21FN4O3S. The molecule has 1 aromatic heterocycles. The van der Waals surface area contributed by atoms with Crippen molar-refractivity contribution in [2.24, 2.45) is 11.7 Å². The molecule has 4 heterocycles. The van der Waals surface area contributed by atoms with Crippen molar-refractivity contribution in [2.75, 3.05) is 11.4 Å². The molecular weight excluding hydrogens is 407 g/mol. The second-order valence-electron chi connectivity index (χ2n) is 8.70. The fraction of sp³-hybridized carbons (Fsp3) is 0.476. The van der Waals surface area contributed by atoms with E-state index >= 15 is 4.39 Å². The molecule has 0 spiro atoms. The number of ether oxygens (including phenoxy) is 1. The van der Waals surface area contributed by atoms with Crippen LogP contribution in [0.2, 0.25) is 0 Å². The van der Waals surface area contributed by atoms with Crippen LogP contribution in [-0.4, -0.2) is 45.5 Å². The predicted octanol–water partition coefficient (Wildman–Crippen LogP) is 2.16. The van der Waals surface area contributed by atoms with Crippen LogP contribution in [0.15, 0.2) is 41.0 Å². The minimum Gasteiger partial charge on any atom is -0.450 e. The maximum atomic E-state index is 15.9.